The number of aromatic nitrogens is 2. The molecular formula is C5H4N6OS. The zero-order valence-electron chi connectivity index (χ0n) is 6.28. The minimum Gasteiger partial charge on any atom is -0.297 e. The molecule has 1 unspecified atom stereocenters. The van der Waals surface area contributed by atoms with Crippen LogP contribution >= 0.6 is 11.3 Å². The molecule has 0 spiro atoms. The summed E-state index contributed by atoms with van der Waals surface area (Å²) in [6.07, 6.45) is 0.466. The molecule has 8 heteroatoms. The van der Waals surface area contributed by atoms with Crippen LogP contribution in [0.25, 0.3) is 0 Å². The van der Waals surface area contributed by atoms with Gasteiger partial charge in [0.2, 0.25) is 11.3 Å². The molecule has 1 aliphatic rings. The maximum Gasteiger partial charge on any atom is 0.275 e. The Morgan fingerprint density at radius 2 is 2.54 bits per heavy atom. The van der Waals surface area contributed by atoms with Crippen molar-refractivity contribution >= 4 is 28.7 Å². The molecule has 0 bridgehead atoms. The van der Waals surface area contributed by atoms with Gasteiger partial charge in [-0.2, -0.15) is 0 Å². The quantitative estimate of drug-likeness (QED) is 0.737. The fourth-order valence-corrected chi connectivity index (χ4v) is 1.18. The number of anilines is 1. The topological polar surface area (TPSA) is 92.0 Å². The van der Waals surface area contributed by atoms with Gasteiger partial charge in [0.05, 0.1) is 0 Å². The molecule has 2 heterocycles. The van der Waals surface area contributed by atoms with Crippen molar-refractivity contribution in [3.8, 4) is 0 Å². The largest absolute Gasteiger partial charge is 0.297 e. The average Bonchev–Trinajstić information content (AvgIpc) is 2.74. The predicted molar refractivity (Wildman–Crippen MR) is 45.7 cm³/mol. The van der Waals surface area contributed by atoms with Crippen molar-refractivity contribution in [3.05, 3.63) is 5.51 Å². The number of hydrogen-bond acceptors (Lipinski definition) is 7. The number of hydrogen-bond donors (Lipinski definition) is 1. The smallest absolute Gasteiger partial charge is 0.275 e. The molecule has 2 rings (SSSR count). The standard InChI is InChI=1S/C5H4N6OS/c12-4(3-6-1-7-10-3)9-5-11-8-2-13-5/h1-3H,(H,9,11,12). The number of azo groups is 1. The van der Waals surface area contributed by atoms with Crippen LogP contribution in [0.3, 0.4) is 0 Å². The normalized spacial score (nSPS) is 19.2. The number of rotatable bonds is 2. The summed E-state index contributed by atoms with van der Waals surface area (Å²) in [6, 6.07) is 0. The molecular weight excluding hydrogens is 192 g/mol. The Kier molecular flexibility index (Phi) is 2.04. The molecule has 1 atom stereocenters. The van der Waals surface area contributed by atoms with E-state index in [1.54, 1.807) is 0 Å². The summed E-state index contributed by atoms with van der Waals surface area (Å²) < 4.78 is 0. The van der Waals surface area contributed by atoms with E-state index < -0.39 is 6.17 Å². The van der Waals surface area contributed by atoms with E-state index in [0.717, 1.165) is 0 Å². The van der Waals surface area contributed by atoms with E-state index in [1.165, 1.54) is 23.2 Å². The molecule has 13 heavy (non-hydrogen) atoms. The SMILES string of the molecule is O=C(Nc1nncs1)C1N=CN=N1. The van der Waals surface area contributed by atoms with Gasteiger partial charge in [0.1, 0.15) is 11.8 Å². The third kappa shape index (κ3) is 1.72. The Morgan fingerprint density at radius 1 is 1.62 bits per heavy atom. The maximum atomic E-state index is 11.3. The number of carbonyl (C=O) groups excluding carboxylic acids is 1. The van der Waals surface area contributed by atoms with Crippen LogP contribution < -0.4 is 5.32 Å². The van der Waals surface area contributed by atoms with Crippen LogP contribution in [0.1, 0.15) is 0 Å². The van der Waals surface area contributed by atoms with E-state index in [2.05, 4.69) is 30.7 Å². The number of nitrogens with zero attached hydrogens (tertiary/aromatic N) is 5. The summed E-state index contributed by atoms with van der Waals surface area (Å²) >= 11 is 1.23. The predicted octanol–water partition coefficient (Wildman–Crippen LogP) is 0.297. The summed E-state index contributed by atoms with van der Waals surface area (Å²) in [5, 5.41) is 17.2. The van der Waals surface area contributed by atoms with E-state index in [-0.39, 0.29) is 5.91 Å². The van der Waals surface area contributed by atoms with Crippen molar-refractivity contribution in [2.75, 3.05) is 5.32 Å². The van der Waals surface area contributed by atoms with Crippen molar-refractivity contribution in [3.63, 3.8) is 0 Å². The average molecular weight is 196 g/mol. The summed E-state index contributed by atoms with van der Waals surface area (Å²) in [4.78, 5) is 15.0. The lowest BCUT2D eigenvalue weighted by molar-refractivity contribution is -0.117. The molecule has 0 saturated heterocycles. The monoisotopic (exact) mass is 196 g/mol. The van der Waals surface area contributed by atoms with E-state index in [9.17, 15) is 4.79 Å². The number of aliphatic imine (C=N–C) groups is 1. The first-order valence-corrected chi connectivity index (χ1v) is 4.23. The molecule has 1 aromatic rings. The van der Waals surface area contributed by atoms with Gasteiger partial charge < -0.3 is 0 Å². The van der Waals surface area contributed by atoms with Crippen molar-refractivity contribution in [2.45, 2.75) is 6.17 Å². The van der Waals surface area contributed by atoms with Gasteiger partial charge in [-0.05, 0) is 0 Å². The van der Waals surface area contributed by atoms with Crippen LogP contribution in [0.2, 0.25) is 0 Å². The zero-order valence-corrected chi connectivity index (χ0v) is 7.10. The molecule has 0 aromatic carbocycles. The lowest BCUT2D eigenvalue weighted by atomic mass is 10.5. The van der Waals surface area contributed by atoms with E-state index >= 15 is 0 Å². The molecule has 0 fully saturated rings. The number of amides is 1. The second-order valence-corrected chi connectivity index (χ2v) is 2.94. The van der Waals surface area contributed by atoms with Gasteiger partial charge in [-0.15, -0.1) is 20.4 Å². The van der Waals surface area contributed by atoms with Gasteiger partial charge in [-0.25, -0.2) is 4.99 Å². The van der Waals surface area contributed by atoms with Crippen LogP contribution in [-0.4, -0.2) is 28.6 Å². The Balaban J connectivity index is 1.99. The first-order valence-electron chi connectivity index (χ1n) is 3.35. The highest BCUT2D eigenvalue weighted by Crippen LogP contribution is 2.10. The molecule has 1 amide bonds. The molecule has 66 valence electrons. The number of nitrogens with one attached hydrogen (secondary N) is 1. The summed E-state index contributed by atoms with van der Waals surface area (Å²) in [5.41, 5.74) is 1.52. The fraction of sp³-hybridized carbons (Fsp3) is 0.200. The van der Waals surface area contributed by atoms with Crippen molar-refractivity contribution in [1.29, 1.82) is 0 Å². The molecule has 7 nitrogen and oxygen atoms in total. The van der Waals surface area contributed by atoms with E-state index in [1.807, 2.05) is 0 Å². The highest BCUT2D eigenvalue weighted by atomic mass is 32.1. The lowest BCUT2D eigenvalue weighted by Crippen LogP contribution is -2.23. The maximum absolute atomic E-state index is 11.3. The van der Waals surface area contributed by atoms with Gasteiger partial charge in [-0.1, -0.05) is 11.3 Å². The second-order valence-electron chi connectivity index (χ2n) is 2.10. The zero-order chi connectivity index (χ0) is 9.10. The van der Waals surface area contributed by atoms with E-state index in [4.69, 9.17) is 0 Å². The molecule has 1 N–H and O–H groups in total. The highest BCUT2D eigenvalue weighted by molar-refractivity contribution is 7.13. The Labute approximate surface area is 76.6 Å². The minimum absolute atomic E-state index is 0.353. The number of carbonyl (C=O) groups is 1. The summed E-state index contributed by atoms with van der Waals surface area (Å²) in [6.45, 7) is 0. The van der Waals surface area contributed by atoms with Gasteiger partial charge in [0, 0.05) is 0 Å². The van der Waals surface area contributed by atoms with Crippen molar-refractivity contribution in [2.24, 2.45) is 15.2 Å². The fourth-order valence-electron chi connectivity index (χ4n) is 0.733. The first-order chi connectivity index (χ1) is 6.36. The molecule has 0 radical (unpaired) electrons. The minimum atomic E-state index is -0.774. The van der Waals surface area contributed by atoms with Gasteiger partial charge in [0.15, 0.2) is 0 Å². The Morgan fingerprint density at radius 3 is 3.15 bits per heavy atom. The first kappa shape index (κ1) is 7.92. The second kappa shape index (κ2) is 3.35. The van der Waals surface area contributed by atoms with Crippen LogP contribution in [-0.2, 0) is 4.79 Å². The summed E-state index contributed by atoms with van der Waals surface area (Å²) in [5.74, 6) is -0.353. The third-order valence-corrected chi connectivity index (χ3v) is 1.87. The third-order valence-electron chi connectivity index (χ3n) is 1.26. The van der Waals surface area contributed by atoms with Gasteiger partial charge in [-0.3, -0.25) is 10.1 Å². The molecule has 1 aromatic heterocycles. The lowest BCUT2D eigenvalue weighted by Gasteiger charge is -2.00. The Hall–Kier alpha value is -1.70. The van der Waals surface area contributed by atoms with Gasteiger partial charge in [0.25, 0.3) is 5.91 Å². The van der Waals surface area contributed by atoms with Crippen LogP contribution in [0, 0.1) is 0 Å². The molecule has 0 saturated carbocycles. The van der Waals surface area contributed by atoms with Crippen molar-refractivity contribution < 1.29 is 4.79 Å². The van der Waals surface area contributed by atoms with Gasteiger partial charge >= 0.3 is 0 Å². The molecule has 1 aliphatic heterocycles. The van der Waals surface area contributed by atoms with Crippen LogP contribution in [0.5, 0.6) is 0 Å². The summed E-state index contributed by atoms with van der Waals surface area (Å²) in [7, 11) is 0. The van der Waals surface area contributed by atoms with E-state index in [0.29, 0.717) is 5.13 Å². The molecule has 0 aliphatic carbocycles. The Bertz CT molecular complexity index is 345. The highest BCUT2D eigenvalue weighted by Gasteiger charge is 2.19. The van der Waals surface area contributed by atoms with Crippen LogP contribution in [0.15, 0.2) is 20.7 Å². The van der Waals surface area contributed by atoms with Crippen LogP contribution in [0.4, 0.5) is 5.13 Å². The van der Waals surface area contributed by atoms with Crippen molar-refractivity contribution in [1.82, 2.24) is 10.2 Å².